The lowest BCUT2D eigenvalue weighted by Crippen LogP contribution is -2.20. The Morgan fingerprint density at radius 3 is 2.56 bits per heavy atom. The second-order valence-electron chi connectivity index (χ2n) is 9.43. The van der Waals surface area contributed by atoms with Crippen LogP contribution in [-0.2, 0) is 7.05 Å². The summed E-state index contributed by atoms with van der Waals surface area (Å²) in [7, 11) is 1.84. The van der Waals surface area contributed by atoms with Crippen molar-refractivity contribution in [1.82, 2.24) is 14.0 Å². The molecule has 4 aromatic rings. The molecule has 6 nitrogen and oxygen atoms in total. The number of allylic oxidation sites excluding steroid dienone is 2. The first kappa shape index (κ1) is 22.7. The van der Waals surface area contributed by atoms with Crippen LogP contribution in [0.5, 0.6) is 0 Å². The van der Waals surface area contributed by atoms with E-state index in [1.165, 1.54) is 23.8 Å². The number of aromatic nitrogens is 3. The van der Waals surface area contributed by atoms with Gasteiger partial charge in [0.1, 0.15) is 5.82 Å². The summed E-state index contributed by atoms with van der Waals surface area (Å²) in [5, 5.41) is 6.67. The van der Waals surface area contributed by atoms with Crippen LogP contribution in [0.3, 0.4) is 0 Å². The van der Waals surface area contributed by atoms with Crippen molar-refractivity contribution >= 4 is 23.2 Å². The topological polar surface area (TPSA) is 56.6 Å². The predicted molar refractivity (Wildman–Crippen MR) is 141 cm³/mol. The van der Waals surface area contributed by atoms with E-state index in [9.17, 15) is 9.18 Å². The molecule has 8 heteroatoms. The molecule has 0 aliphatic heterocycles. The van der Waals surface area contributed by atoms with E-state index in [0.717, 1.165) is 17.8 Å². The summed E-state index contributed by atoms with van der Waals surface area (Å²) in [4.78, 5) is 18.8. The molecule has 2 aromatic carbocycles. The Balaban J connectivity index is 1.50. The number of hydrogen-bond acceptors (Lipinski definition) is 4. The predicted octanol–water partition coefficient (Wildman–Crippen LogP) is 5.43. The Kier molecular flexibility index (Phi) is 5.68. The minimum Gasteiger partial charge on any atom is -0.283 e. The van der Waals surface area contributed by atoms with Gasteiger partial charge in [0, 0.05) is 30.1 Å². The van der Waals surface area contributed by atoms with Gasteiger partial charge >= 0.3 is 0 Å². The molecule has 182 valence electrons. The number of hydrogen-bond donors (Lipinski definition) is 0. The highest BCUT2D eigenvalue weighted by molar-refractivity contribution is 7.07. The summed E-state index contributed by atoms with van der Waals surface area (Å²) < 4.78 is 19.9. The third-order valence-electron chi connectivity index (χ3n) is 7.27. The summed E-state index contributed by atoms with van der Waals surface area (Å²) in [6.45, 7) is 1.88. The number of nitrogens with zero attached hydrogens (tertiary/aromatic N) is 5. The lowest BCUT2D eigenvalue weighted by atomic mass is 9.95. The average Bonchev–Trinajstić information content (AvgIpc) is 3.65. The largest absolute Gasteiger partial charge is 0.297 e. The van der Waals surface area contributed by atoms with E-state index in [1.807, 2.05) is 62.0 Å². The summed E-state index contributed by atoms with van der Waals surface area (Å²) >= 11 is 1.35. The van der Waals surface area contributed by atoms with Crippen LogP contribution in [0.1, 0.15) is 18.5 Å². The van der Waals surface area contributed by atoms with Gasteiger partial charge in [-0.15, -0.1) is 11.3 Å². The van der Waals surface area contributed by atoms with Crippen LogP contribution in [0, 0.1) is 30.5 Å². The van der Waals surface area contributed by atoms with Crippen LogP contribution in [0.4, 0.5) is 10.1 Å². The Labute approximate surface area is 212 Å². The van der Waals surface area contributed by atoms with Gasteiger partial charge in [-0.2, -0.15) is 5.10 Å². The van der Waals surface area contributed by atoms with Gasteiger partial charge in [0.05, 0.1) is 17.1 Å². The first-order chi connectivity index (χ1) is 17.5. The zero-order valence-corrected chi connectivity index (χ0v) is 20.9. The second kappa shape index (κ2) is 9.02. The fraction of sp³-hybridized carbons (Fsp3) is 0.250. The summed E-state index contributed by atoms with van der Waals surface area (Å²) in [6.07, 6.45) is 8.81. The van der Waals surface area contributed by atoms with Crippen LogP contribution in [0.2, 0.25) is 0 Å². The van der Waals surface area contributed by atoms with Crippen LogP contribution in [0.25, 0.3) is 16.9 Å². The van der Waals surface area contributed by atoms with E-state index in [0.29, 0.717) is 39.5 Å². The van der Waals surface area contributed by atoms with E-state index in [4.69, 9.17) is 10.1 Å². The highest BCUT2D eigenvalue weighted by Crippen LogP contribution is 2.42. The maximum absolute atomic E-state index is 14.8. The minimum absolute atomic E-state index is 0.212. The normalized spacial score (nSPS) is 21.3. The van der Waals surface area contributed by atoms with Gasteiger partial charge in [0.25, 0.3) is 5.56 Å². The number of benzene rings is 2. The highest BCUT2D eigenvalue weighted by atomic mass is 32.1. The van der Waals surface area contributed by atoms with Gasteiger partial charge in [-0.3, -0.25) is 9.48 Å². The molecule has 0 amide bonds. The van der Waals surface area contributed by atoms with Crippen molar-refractivity contribution in [2.45, 2.75) is 19.8 Å². The number of halogens is 1. The molecule has 2 aliphatic carbocycles. The second-order valence-corrected chi connectivity index (χ2v) is 10.3. The molecule has 1 fully saturated rings. The smallest absolute Gasteiger partial charge is 0.283 e. The van der Waals surface area contributed by atoms with E-state index in [2.05, 4.69) is 12.2 Å². The standard InChI is InChI=1S/C28H26FN5OS/c1-18-26(27(35)34(32(18)2)22-8-4-3-5-9-22)31-28-33(30-16-21-15-19-12-13-20(21)14-19)25(17-36-28)23-10-6-7-11-24(23)29/h3-13,16-17,19-21H,14-15H2,1-2H3. The molecular weight excluding hydrogens is 473 g/mol. The molecule has 2 aromatic heterocycles. The van der Waals surface area contributed by atoms with Crippen molar-refractivity contribution in [3.05, 3.63) is 98.8 Å². The van der Waals surface area contributed by atoms with E-state index in [1.54, 1.807) is 26.2 Å². The van der Waals surface area contributed by atoms with Gasteiger partial charge in [0.2, 0.25) is 4.80 Å². The number of thiazole rings is 1. The average molecular weight is 500 g/mol. The lowest BCUT2D eigenvalue weighted by molar-refractivity contribution is 0.589. The van der Waals surface area contributed by atoms with Crippen LogP contribution in [0.15, 0.2) is 87.0 Å². The summed E-state index contributed by atoms with van der Waals surface area (Å²) in [5.41, 5.74) is 2.70. The van der Waals surface area contributed by atoms with Crippen molar-refractivity contribution in [2.75, 3.05) is 0 Å². The number of rotatable bonds is 5. The molecule has 2 aliphatic rings. The third kappa shape index (κ3) is 3.82. The maximum Gasteiger partial charge on any atom is 0.297 e. The Morgan fingerprint density at radius 2 is 1.83 bits per heavy atom. The molecule has 6 rings (SSSR count). The van der Waals surface area contributed by atoms with Crippen LogP contribution in [-0.4, -0.2) is 20.3 Å². The monoisotopic (exact) mass is 499 g/mol. The quantitative estimate of drug-likeness (QED) is 0.267. The summed E-state index contributed by atoms with van der Waals surface area (Å²) in [6, 6.07) is 16.1. The van der Waals surface area contributed by atoms with E-state index < -0.39 is 0 Å². The fourth-order valence-electron chi connectivity index (χ4n) is 5.27. The molecule has 0 spiro atoms. The zero-order valence-electron chi connectivity index (χ0n) is 20.1. The van der Waals surface area contributed by atoms with Crippen LogP contribution >= 0.6 is 11.3 Å². The van der Waals surface area contributed by atoms with Gasteiger partial charge in [0.15, 0.2) is 5.69 Å². The molecule has 3 atom stereocenters. The molecular formula is C28H26FN5OS. The SMILES string of the molecule is Cc1c(N=c2scc(-c3ccccc3F)n2N=CC2CC3C=CC2C3)c(=O)n(-c2ccccc2)n1C. The van der Waals surface area contributed by atoms with Gasteiger partial charge in [-0.1, -0.05) is 42.5 Å². The molecule has 0 N–H and O–H groups in total. The minimum atomic E-state index is -0.323. The van der Waals surface area contributed by atoms with E-state index >= 15 is 0 Å². The molecule has 2 heterocycles. The lowest BCUT2D eigenvalue weighted by Gasteiger charge is -2.12. The molecule has 36 heavy (non-hydrogen) atoms. The zero-order chi connectivity index (χ0) is 24.8. The molecule has 0 saturated heterocycles. The fourth-order valence-corrected chi connectivity index (χ4v) is 6.10. The van der Waals surface area contributed by atoms with Gasteiger partial charge < -0.3 is 0 Å². The van der Waals surface area contributed by atoms with Gasteiger partial charge in [-0.25, -0.2) is 18.7 Å². The first-order valence-corrected chi connectivity index (χ1v) is 13.0. The maximum atomic E-state index is 14.8. The van der Waals surface area contributed by atoms with Crippen molar-refractivity contribution in [1.29, 1.82) is 0 Å². The van der Waals surface area contributed by atoms with Crippen LogP contribution < -0.4 is 10.4 Å². The number of fused-ring (bicyclic) bond motifs is 2. The Hall–Kier alpha value is -3.78. The molecule has 0 radical (unpaired) electrons. The van der Waals surface area contributed by atoms with E-state index in [-0.39, 0.29) is 11.4 Å². The summed E-state index contributed by atoms with van der Waals surface area (Å²) in [5.74, 6) is 1.15. The van der Waals surface area contributed by atoms with Crippen molar-refractivity contribution in [3.63, 3.8) is 0 Å². The Morgan fingerprint density at radius 1 is 1.06 bits per heavy atom. The van der Waals surface area contributed by atoms with Gasteiger partial charge in [-0.05, 0) is 55.9 Å². The van der Waals surface area contributed by atoms with Crippen molar-refractivity contribution < 1.29 is 4.39 Å². The van der Waals surface area contributed by atoms with Crippen molar-refractivity contribution in [2.24, 2.45) is 34.9 Å². The molecule has 3 unspecified atom stereocenters. The molecule has 2 bridgehead atoms. The number of para-hydroxylation sites is 1. The first-order valence-electron chi connectivity index (χ1n) is 12.1. The third-order valence-corrected chi connectivity index (χ3v) is 8.09. The highest BCUT2D eigenvalue weighted by Gasteiger charge is 2.34. The van der Waals surface area contributed by atoms with Crippen molar-refractivity contribution in [3.8, 4) is 16.9 Å². The molecule has 1 saturated carbocycles. The Bertz CT molecular complexity index is 1620.